The van der Waals surface area contributed by atoms with E-state index in [1.807, 2.05) is 12.2 Å². The Morgan fingerprint density at radius 3 is 2.03 bits per heavy atom. The maximum Gasteiger partial charge on any atom is 0.232 e. The number of anilines is 3. The van der Waals surface area contributed by atoms with Crippen LogP contribution < -0.4 is 20.9 Å². The summed E-state index contributed by atoms with van der Waals surface area (Å²) in [6.07, 6.45) is 10.1. The van der Waals surface area contributed by atoms with Crippen molar-refractivity contribution < 1.29 is 0 Å². The van der Waals surface area contributed by atoms with Crippen molar-refractivity contribution >= 4 is 17.8 Å². The summed E-state index contributed by atoms with van der Waals surface area (Å²) in [6, 6.07) is 0.588. The first kappa shape index (κ1) is 31.3. The Kier molecular flexibility index (Phi) is 9.75. The summed E-state index contributed by atoms with van der Waals surface area (Å²) >= 11 is 0. The molecule has 0 saturated carbocycles. The first-order valence-corrected chi connectivity index (χ1v) is 14.9. The Morgan fingerprint density at radius 1 is 0.897 bits per heavy atom. The van der Waals surface area contributed by atoms with Gasteiger partial charge in [-0.05, 0) is 87.5 Å². The Hall–Kier alpha value is -2.19. The summed E-state index contributed by atoms with van der Waals surface area (Å²) in [5.41, 5.74) is 0.108. The van der Waals surface area contributed by atoms with E-state index < -0.39 is 0 Å². The first-order chi connectivity index (χ1) is 18.1. The number of likely N-dealkylation sites (tertiary alicyclic amines) is 1. The van der Waals surface area contributed by atoms with Gasteiger partial charge in [0.1, 0.15) is 0 Å². The Morgan fingerprint density at radius 2 is 1.49 bits per heavy atom. The number of rotatable bonds is 12. The van der Waals surface area contributed by atoms with Gasteiger partial charge in [-0.1, -0.05) is 25.5 Å². The normalized spacial score (nSPS) is 22.7. The number of nitrogens with zero attached hydrogens (tertiary/aromatic N) is 5. The third-order valence-corrected chi connectivity index (χ3v) is 8.25. The van der Waals surface area contributed by atoms with Crippen LogP contribution in [0.3, 0.4) is 0 Å². The molecule has 1 aromatic rings. The molecule has 0 aromatic carbocycles. The minimum atomic E-state index is 0.0232. The summed E-state index contributed by atoms with van der Waals surface area (Å²) < 4.78 is 0. The topological polar surface area (TPSA) is 81.2 Å². The van der Waals surface area contributed by atoms with Crippen LogP contribution in [0.4, 0.5) is 17.8 Å². The number of piperidine rings is 2. The van der Waals surface area contributed by atoms with Gasteiger partial charge in [0.2, 0.25) is 17.8 Å². The van der Waals surface area contributed by atoms with Crippen molar-refractivity contribution in [2.45, 2.75) is 135 Å². The Bertz CT molecular complexity index is 949. The molecular weight excluding hydrogens is 484 g/mol. The van der Waals surface area contributed by atoms with Crippen molar-refractivity contribution in [2.75, 3.05) is 35.2 Å². The zero-order valence-electron chi connectivity index (χ0n) is 26.3. The fourth-order valence-electron chi connectivity index (χ4n) is 7.29. The second kappa shape index (κ2) is 12.1. The lowest BCUT2D eigenvalue weighted by molar-refractivity contribution is -0.0263. The van der Waals surface area contributed by atoms with Crippen LogP contribution in [0.15, 0.2) is 25.3 Å². The number of hydrogen-bond acceptors (Lipinski definition) is 8. The largest absolute Gasteiger partial charge is 0.351 e. The molecule has 2 saturated heterocycles. The lowest BCUT2D eigenvalue weighted by atomic mass is 9.76. The Balaban J connectivity index is 1.98. The van der Waals surface area contributed by atoms with Gasteiger partial charge < -0.3 is 20.9 Å². The van der Waals surface area contributed by atoms with E-state index in [0.29, 0.717) is 24.5 Å². The van der Waals surface area contributed by atoms with E-state index in [2.05, 4.69) is 101 Å². The van der Waals surface area contributed by atoms with E-state index in [9.17, 15) is 0 Å². The van der Waals surface area contributed by atoms with Crippen LogP contribution in [0.25, 0.3) is 0 Å². The number of aromatic nitrogens is 3. The molecule has 0 spiro atoms. The third-order valence-electron chi connectivity index (χ3n) is 8.25. The Labute approximate surface area is 238 Å². The van der Waals surface area contributed by atoms with E-state index >= 15 is 0 Å². The van der Waals surface area contributed by atoms with Crippen molar-refractivity contribution in [3.63, 3.8) is 0 Å². The molecule has 0 atom stereocenters. The number of nitrogens with one attached hydrogen (secondary N) is 3. The quantitative estimate of drug-likeness (QED) is 0.278. The maximum atomic E-state index is 5.09. The van der Waals surface area contributed by atoms with Crippen molar-refractivity contribution in [1.82, 2.24) is 25.2 Å². The monoisotopic (exact) mass is 540 g/mol. The second-order valence-corrected chi connectivity index (χ2v) is 14.2. The van der Waals surface area contributed by atoms with Gasteiger partial charge in [-0.3, -0.25) is 4.90 Å². The van der Waals surface area contributed by atoms with Crippen LogP contribution >= 0.6 is 0 Å². The molecule has 0 aliphatic carbocycles. The minimum Gasteiger partial charge on any atom is -0.351 e. The molecule has 2 fully saturated rings. The molecule has 1 aromatic heterocycles. The molecule has 220 valence electrons. The van der Waals surface area contributed by atoms with Gasteiger partial charge in [0, 0.05) is 53.9 Å². The summed E-state index contributed by atoms with van der Waals surface area (Å²) in [5.74, 6) is 2.00. The molecule has 3 N–H and O–H groups in total. The van der Waals surface area contributed by atoms with Crippen LogP contribution in [-0.4, -0.2) is 73.7 Å². The molecule has 8 nitrogen and oxygen atoms in total. The third kappa shape index (κ3) is 8.16. The van der Waals surface area contributed by atoms with Crippen LogP contribution in [-0.2, 0) is 0 Å². The summed E-state index contributed by atoms with van der Waals surface area (Å²) in [5, 5.41) is 10.8. The summed E-state index contributed by atoms with van der Waals surface area (Å²) in [6.45, 7) is 31.1. The van der Waals surface area contributed by atoms with Gasteiger partial charge in [-0.2, -0.15) is 15.0 Å². The highest BCUT2D eigenvalue weighted by atomic mass is 15.4. The van der Waals surface area contributed by atoms with E-state index in [1.165, 1.54) is 0 Å². The number of unbranched alkanes of at least 4 members (excludes halogenated alkanes) is 1. The summed E-state index contributed by atoms with van der Waals surface area (Å²) in [4.78, 5) is 19.9. The lowest BCUT2D eigenvalue weighted by Gasteiger charge is -2.57. The maximum absolute atomic E-state index is 5.09. The van der Waals surface area contributed by atoms with E-state index in [1.54, 1.807) is 0 Å². The average molecular weight is 541 g/mol. The summed E-state index contributed by atoms with van der Waals surface area (Å²) in [7, 11) is 0. The average Bonchev–Trinajstić information content (AvgIpc) is 2.77. The molecule has 8 heteroatoms. The van der Waals surface area contributed by atoms with Crippen molar-refractivity contribution in [3.05, 3.63) is 25.3 Å². The zero-order chi connectivity index (χ0) is 29.1. The van der Waals surface area contributed by atoms with Crippen molar-refractivity contribution in [2.24, 2.45) is 0 Å². The fourth-order valence-corrected chi connectivity index (χ4v) is 7.29. The second-order valence-electron chi connectivity index (χ2n) is 14.2. The molecule has 0 bridgehead atoms. The van der Waals surface area contributed by atoms with E-state index in [0.717, 1.165) is 57.6 Å². The fraction of sp³-hybridized carbons (Fsp3) is 0.774. The van der Waals surface area contributed by atoms with Crippen molar-refractivity contribution in [1.29, 1.82) is 0 Å². The van der Waals surface area contributed by atoms with E-state index in [-0.39, 0.29) is 28.2 Å². The molecule has 0 amide bonds. The molecule has 2 aliphatic rings. The predicted octanol–water partition coefficient (Wildman–Crippen LogP) is 6.00. The molecule has 0 unspecified atom stereocenters. The molecule has 3 rings (SSSR count). The van der Waals surface area contributed by atoms with Gasteiger partial charge in [-0.15, -0.1) is 13.2 Å². The van der Waals surface area contributed by atoms with Crippen LogP contribution in [0.2, 0.25) is 0 Å². The zero-order valence-corrected chi connectivity index (χ0v) is 26.3. The van der Waals surface area contributed by atoms with E-state index in [4.69, 9.17) is 15.0 Å². The SMILES string of the molecule is C=CCNc1nc(NC2CC(C)(C)NC(C)(C)C2)nc(N(CCCC)C2CC(C)(C)N(CC=C)C(C)(C)C2)n1. The molecule has 0 radical (unpaired) electrons. The first-order valence-electron chi connectivity index (χ1n) is 14.9. The van der Waals surface area contributed by atoms with Gasteiger partial charge >= 0.3 is 0 Å². The molecule has 3 heterocycles. The highest BCUT2D eigenvalue weighted by Gasteiger charge is 2.46. The van der Waals surface area contributed by atoms with Crippen LogP contribution in [0.1, 0.15) is 101 Å². The smallest absolute Gasteiger partial charge is 0.232 e. The van der Waals surface area contributed by atoms with Crippen molar-refractivity contribution in [3.8, 4) is 0 Å². The van der Waals surface area contributed by atoms with Gasteiger partial charge in [0.05, 0.1) is 0 Å². The molecule has 2 aliphatic heterocycles. The predicted molar refractivity (Wildman–Crippen MR) is 167 cm³/mol. The lowest BCUT2D eigenvalue weighted by Crippen LogP contribution is -2.64. The standard InChI is InChI=1S/C31H56N8/c1-12-15-18-38(24-21-30(8,9)39(17-14-3)31(10,11)22-24)27-35-25(32-16-13-2)34-26(36-27)33-23-19-28(4,5)37-29(6,7)20-23/h13-14,23-24,37H,2-3,12,15-22H2,1,4-11H3,(H2,32,33,34,35,36). The highest BCUT2D eigenvalue weighted by molar-refractivity contribution is 5.46. The van der Waals surface area contributed by atoms with Gasteiger partial charge in [0.15, 0.2) is 0 Å². The minimum absolute atomic E-state index is 0.0232. The van der Waals surface area contributed by atoms with Gasteiger partial charge in [-0.25, -0.2) is 0 Å². The highest BCUT2D eigenvalue weighted by Crippen LogP contribution is 2.41. The van der Waals surface area contributed by atoms with Gasteiger partial charge in [0.25, 0.3) is 0 Å². The van der Waals surface area contributed by atoms with Crippen LogP contribution in [0, 0.1) is 0 Å². The molecule has 39 heavy (non-hydrogen) atoms. The van der Waals surface area contributed by atoms with Crippen LogP contribution in [0.5, 0.6) is 0 Å². The molecular formula is C31H56N8. The number of hydrogen-bond donors (Lipinski definition) is 3.